The van der Waals surface area contributed by atoms with Gasteiger partial charge < -0.3 is 14.8 Å². The number of carbonyl (C=O) groups is 2. The van der Waals surface area contributed by atoms with Crippen LogP contribution in [-0.2, 0) is 20.7 Å². The maximum atomic E-state index is 12.8. The van der Waals surface area contributed by atoms with Crippen LogP contribution in [-0.4, -0.2) is 31.6 Å². The van der Waals surface area contributed by atoms with E-state index in [1.807, 2.05) is 30.3 Å². The van der Waals surface area contributed by atoms with E-state index in [4.69, 9.17) is 9.47 Å². The van der Waals surface area contributed by atoms with Crippen molar-refractivity contribution < 1.29 is 23.5 Å². The third kappa shape index (κ3) is 6.48. The minimum Gasteiger partial charge on any atom is -0.492 e. The zero-order valence-corrected chi connectivity index (χ0v) is 13.0. The second-order valence-corrected chi connectivity index (χ2v) is 4.98. The Morgan fingerprint density at radius 1 is 1.00 bits per heavy atom. The van der Waals surface area contributed by atoms with Crippen molar-refractivity contribution in [2.45, 2.75) is 6.42 Å². The lowest BCUT2D eigenvalue weighted by Crippen LogP contribution is -2.32. The molecule has 0 aromatic heterocycles. The van der Waals surface area contributed by atoms with Crippen molar-refractivity contribution in [2.24, 2.45) is 0 Å². The molecule has 0 aliphatic heterocycles. The Labute approximate surface area is 139 Å². The van der Waals surface area contributed by atoms with Crippen molar-refractivity contribution in [3.05, 3.63) is 66.0 Å². The first-order chi connectivity index (χ1) is 11.6. The summed E-state index contributed by atoms with van der Waals surface area (Å²) >= 11 is 0. The number of nitrogens with one attached hydrogen (secondary N) is 1. The van der Waals surface area contributed by atoms with Crippen LogP contribution in [0.5, 0.6) is 5.75 Å². The molecule has 5 nitrogen and oxygen atoms in total. The third-order valence-corrected chi connectivity index (χ3v) is 3.06. The number of para-hydroxylation sites is 1. The van der Waals surface area contributed by atoms with E-state index in [0.717, 1.165) is 5.75 Å². The van der Waals surface area contributed by atoms with Gasteiger partial charge in [-0.1, -0.05) is 30.3 Å². The monoisotopic (exact) mass is 331 g/mol. The average Bonchev–Trinajstić information content (AvgIpc) is 2.60. The summed E-state index contributed by atoms with van der Waals surface area (Å²) in [6, 6.07) is 14.8. The van der Waals surface area contributed by atoms with Gasteiger partial charge in [0.25, 0.3) is 5.91 Å². The van der Waals surface area contributed by atoms with E-state index in [9.17, 15) is 14.0 Å². The topological polar surface area (TPSA) is 64.6 Å². The van der Waals surface area contributed by atoms with Crippen LogP contribution in [0.3, 0.4) is 0 Å². The molecule has 2 rings (SSSR count). The molecule has 0 heterocycles. The van der Waals surface area contributed by atoms with Crippen LogP contribution in [0.4, 0.5) is 4.39 Å². The van der Waals surface area contributed by atoms with Gasteiger partial charge in [-0.25, -0.2) is 4.39 Å². The largest absolute Gasteiger partial charge is 0.492 e. The molecule has 1 amide bonds. The first-order valence-electron chi connectivity index (χ1n) is 7.48. The predicted octanol–water partition coefficient (Wildman–Crippen LogP) is 2.11. The zero-order chi connectivity index (χ0) is 17.2. The van der Waals surface area contributed by atoms with Crippen LogP contribution < -0.4 is 10.1 Å². The molecule has 0 aliphatic carbocycles. The van der Waals surface area contributed by atoms with Gasteiger partial charge in [-0.3, -0.25) is 9.59 Å². The summed E-state index contributed by atoms with van der Waals surface area (Å²) in [6.07, 6.45) is -0.00925. The number of amides is 1. The Hall–Kier alpha value is -2.89. The molecule has 2 aromatic carbocycles. The molecule has 1 N–H and O–H groups in total. The van der Waals surface area contributed by atoms with E-state index in [-0.39, 0.29) is 18.8 Å². The molecule has 2 aromatic rings. The predicted molar refractivity (Wildman–Crippen MR) is 86.0 cm³/mol. The van der Waals surface area contributed by atoms with Crippen molar-refractivity contribution in [1.82, 2.24) is 5.32 Å². The van der Waals surface area contributed by atoms with Gasteiger partial charge in [0.05, 0.1) is 13.0 Å². The van der Waals surface area contributed by atoms with E-state index >= 15 is 0 Å². The van der Waals surface area contributed by atoms with Crippen LogP contribution in [0.1, 0.15) is 5.56 Å². The molecule has 0 radical (unpaired) electrons. The van der Waals surface area contributed by atoms with Gasteiger partial charge in [0.1, 0.15) is 18.2 Å². The van der Waals surface area contributed by atoms with E-state index < -0.39 is 11.9 Å². The highest BCUT2D eigenvalue weighted by molar-refractivity contribution is 5.81. The Kier molecular flexibility index (Phi) is 6.76. The maximum Gasteiger partial charge on any atom is 0.310 e. The molecule has 0 fully saturated rings. The molecular weight excluding hydrogens is 313 g/mol. The highest BCUT2D eigenvalue weighted by Gasteiger charge is 2.08. The molecule has 6 heteroatoms. The fourth-order valence-electron chi connectivity index (χ4n) is 1.89. The Morgan fingerprint density at radius 2 is 1.71 bits per heavy atom. The van der Waals surface area contributed by atoms with Crippen molar-refractivity contribution in [3.63, 3.8) is 0 Å². The van der Waals surface area contributed by atoms with Gasteiger partial charge >= 0.3 is 5.97 Å². The van der Waals surface area contributed by atoms with E-state index in [1.165, 1.54) is 24.3 Å². The quantitative estimate of drug-likeness (QED) is 0.594. The molecule has 0 spiro atoms. The fourth-order valence-corrected chi connectivity index (χ4v) is 1.89. The second-order valence-electron chi connectivity index (χ2n) is 4.98. The lowest BCUT2D eigenvalue weighted by Gasteiger charge is -2.08. The number of hydrogen-bond acceptors (Lipinski definition) is 4. The SMILES string of the molecule is O=C(COC(=O)Cc1ccc(F)cc1)NCCOc1ccccc1. The number of rotatable bonds is 8. The van der Waals surface area contributed by atoms with Gasteiger partial charge in [-0.05, 0) is 29.8 Å². The highest BCUT2D eigenvalue weighted by Crippen LogP contribution is 2.07. The van der Waals surface area contributed by atoms with Gasteiger partial charge in [0.15, 0.2) is 6.61 Å². The summed E-state index contributed by atoms with van der Waals surface area (Å²) < 4.78 is 23.0. The molecule has 0 aliphatic rings. The second kappa shape index (κ2) is 9.29. The normalized spacial score (nSPS) is 10.0. The van der Waals surface area contributed by atoms with Crippen LogP contribution in [0, 0.1) is 5.82 Å². The summed E-state index contributed by atoms with van der Waals surface area (Å²) in [7, 11) is 0. The van der Waals surface area contributed by atoms with Crippen molar-refractivity contribution in [2.75, 3.05) is 19.8 Å². The van der Waals surface area contributed by atoms with Gasteiger partial charge in [0.2, 0.25) is 0 Å². The van der Waals surface area contributed by atoms with Crippen LogP contribution >= 0.6 is 0 Å². The van der Waals surface area contributed by atoms with Gasteiger partial charge in [-0.15, -0.1) is 0 Å². The van der Waals surface area contributed by atoms with Crippen molar-refractivity contribution in [1.29, 1.82) is 0 Å². The molecule has 0 bridgehead atoms. The Morgan fingerprint density at radius 3 is 2.42 bits per heavy atom. The summed E-state index contributed by atoms with van der Waals surface area (Å²) in [5.74, 6) is -0.599. The molecule has 126 valence electrons. The average molecular weight is 331 g/mol. The van der Waals surface area contributed by atoms with Crippen molar-refractivity contribution in [3.8, 4) is 5.75 Å². The first-order valence-corrected chi connectivity index (χ1v) is 7.48. The number of benzene rings is 2. The first kappa shape index (κ1) is 17.5. The van der Waals surface area contributed by atoms with Crippen LogP contribution in [0.25, 0.3) is 0 Å². The fraction of sp³-hybridized carbons (Fsp3) is 0.222. The van der Waals surface area contributed by atoms with Crippen molar-refractivity contribution >= 4 is 11.9 Å². The zero-order valence-electron chi connectivity index (χ0n) is 13.0. The molecule has 0 unspecified atom stereocenters. The van der Waals surface area contributed by atoms with E-state index in [2.05, 4.69) is 5.32 Å². The number of ether oxygens (including phenoxy) is 2. The van der Waals surface area contributed by atoms with E-state index in [1.54, 1.807) is 0 Å². The number of carbonyl (C=O) groups excluding carboxylic acids is 2. The summed E-state index contributed by atoms with van der Waals surface area (Å²) in [6.45, 7) is 0.272. The Balaban J connectivity index is 1.58. The minimum atomic E-state index is -0.544. The smallest absolute Gasteiger partial charge is 0.310 e. The van der Waals surface area contributed by atoms with Crippen LogP contribution in [0.2, 0.25) is 0 Å². The minimum absolute atomic E-state index is 0.00925. The van der Waals surface area contributed by atoms with E-state index in [0.29, 0.717) is 18.7 Å². The maximum absolute atomic E-state index is 12.8. The standard InChI is InChI=1S/C18H18FNO4/c19-15-8-6-14(7-9-15)12-18(22)24-13-17(21)20-10-11-23-16-4-2-1-3-5-16/h1-9H,10-13H2,(H,20,21). The highest BCUT2D eigenvalue weighted by atomic mass is 19.1. The Bertz CT molecular complexity index is 658. The lowest BCUT2D eigenvalue weighted by molar-refractivity contribution is -0.147. The number of hydrogen-bond donors (Lipinski definition) is 1. The van der Waals surface area contributed by atoms with Gasteiger partial charge in [-0.2, -0.15) is 0 Å². The summed E-state index contributed by atoms with van der Waals surface area (Å²) in [4.78, 5) is 23.2. The van der Waals surface area contributed by atoms with Gasteiger partial charge in [0, 0.05) is 0 Å². The summed E-state index contributed by atoms with van der Waals surface area (Å²) in [5, 5.41) is 2.59. The molecule has 0 atom stereocenters. The molecule has 0 saturated carbocycles. The summed E-state index contributed by atoms with van der Waals surface area (Å²) in [5.41, 5.74) is 0.623. The number of halogens is 1. The number of esters is 1. The molecule has 24 heavy (non-hydrogen) atoms. The third-order valence-electron chi connectivity index (χ3n) is 3.06. The van der Waals surface area contributed by atoms with Crippen LogP contribution in [0.15, 0.2) is 54.6 Å². The molecular formula is C18H18FNO4. The molecule has 0 saturated heterocycles. The lowest BCUT2D eigenvalue weighted by atomic mass is 10.1.